The predicted octanol–water partition coefficient (Wildman–Crippen LogP) is 2.04. The van der Waals surface area contributed by atoms with Crippen molar-refractivity contribution in [2.75, 3.05) is 32.5 Å². The fourth-order valence-corrected chi connectivity index (χ4v) is 3.16. The zero-order chi connectivity index (χ0) is 17.8. The number of hydrogen-bond donors (Lipinski definition) is 1. The third kappa shape index (κ3) is 4.33. The molecule has 0 saturated heterocycles. The van der Waals surface area contributed by atoms with Crippen LogP contribution in [-0.2, 0) is 13.0 Å². The molecular formula is C19H25N5O. The van der Waals surface area contributed by atoms with Crippen molar-refractivity contribution in [2.45, 2.75) is 25.9 Å². The van der Waals surface area contributed by atoms with Gasteiger partial charge in [0.25, 0.3) is 5.91 Å². The number of benzene rings is 1. The van der Waals surface area contributed by atoms with Gasteiger partial charge in [-0.25, -0.2) is 4.98 Å². The lowest BCUT2D eigenvalue weighted by molar-refractivity contribution is 0.0821. The van der Waals surface area contributed by atoms with Crippen molar-refractivity contribution in [3.05, 3.63) is 53.5 Å². The van der Waals surface area contributed by atoms with Crippen LogP contribution in [0.5, 0.6) is 0 Å². The summed E-state index contributed by atoms with van der Waals surface area (Å²) in [7, 11) is 3.42. The second-order valence-corrected chi connectivity index (χ2v) is 6.79. The highest BCUT2D eigenvalue weighted by Crippen LogP contribution is 2.19. The van der Waals surface area contributed by atoms with E-state index in [9.17, 15) is 4.79 Å². The van der Waals surface area contributed by atoms with Crippen LogP contribution in [0.4, 0.5) is 5.82 Å². The molecule has 1 atom stereocenters. The summed E-state index contributed by atoms with van der Waals surface area (Å²) in [6.07, 6.45) is 4.25. The third-order valence-electron chi connectivity index (χ3n) is 4.40. The molecule has 0 bridgehead atoms. The lowest BCUT2D eigenvalue weighted by Crippen LogP contribution is -2.38. The minimum absolute atomic E-state index is 0.142. The van der Waals surface area contributed by atoms with Crippen LogP contribution in [0.1, 0.15) is 28.5 Å². The lowest BCUT2D eigenvalue weighted by atomic mass is 10.00. The quantitative estimate of drug-likeness (QED) is 0.903. The Balaban J connectivity index is 1.59. The maximum Gasteiger partial charge on any atom is 0.273 e. The number of fused-ring (bicyclic) bond motifs is 1. The summed E-state index contributed by atoms with van der Waals surface area (Å²) in [5, 5.41) is 3.36. The number of aromatic nitrogens is 2. The van der Waals surface area contributed by atoms with E-state index < -0.39 is 0 Å². The average molecular weight is 339 g/mol. The van der Waals surface area contributed by atoms with E-state index in [1.807, 2.05) is 0 Å². The molecule has 0 radical (unpaired) electrons. The van der Waals surface area contributed by atoms with Crippen LogP contribution in [0.15, 0.2) is 36.7 Å². The normalized spacial score (nSPS) is 15.3. The molecule has 6 nitrogen and oxygen atoms in total. The van der Waals surface area contributed by atoms with Crippen LogP contribution < -0.4 is 5.32 Å². The number of anilines is 1. The molecular weight excluding hydrogens is 314 g/mol. The van der Waals surface area contributed by atoms with Gasteiger partial charge >= 0.3 is 0 Å². The first kappa shape index (κ1) is 17.4. The summed E-state index contributed by atoms with van der Waals surface area (Å²) in [6.45, 7) is 5.09. The van der Waals surface area contributed by atoms with E-state index >= 15 is 0 Å². The molecule has 1 aliphatic heterocycles. The number of amides is 1. The van der Waals surface area contributed by atoms with Gasteiger partial charge in [-0.1, -0.05) is 24.3 Å². The predicted molar refractivity (Wildman–Crippen MR) is 98.6 cm³/mol. The van der Waals surface area contributed by atoms with Gasteiger partial charge in [0.05, 0.1) is 12.4 Å². The fourth-order valence-electron chi connectivity index (χ4n) is 3.16. The SMILES string of the molecule is CC(CN1CCc2ccccc2C1)Nc1cncc(C(=O)N(C)C)n1. The molecule has 0 saturated carbocycles. The number of nitrogens with zero attached hydrogens (tertiary/aromatic N) is 4. The average Bonchev–Trinajstić information content (AvgIpc) is 2.61. The molecule has 3 rings (SSSR count). The monoisotopic (exact) mass is 339 g/mol. The highest BCUT2D eigenvalue weighted by atomic mass is 16.2. The van der Waals surface area contributed by atoms with Crippen molar-refractivity contribution in [3.8, 4) is 0 Å². The molecule has 2 heterocycles. The summed E-state index contributed by atoms with van der Waals surface area (Å²) in [5.41, 5.74) is 3.23. The van der Waals surface area contributed by atoms with Crippen molar-refractivity contribution >= 4 is 11.7 Å². The van der Waals surface area contributed by atoms with Crippen LogP contribution in [0.2, 0.25) is 0 Å². The van der Waals surface area contributed by atoms with Crippen LogP contribution in [-0.4, -0.2) is 58.9 Å². The Morgan fingerprint density at radius 1 is 1.28 bits per heavy atom. The van der Waals surface area contributed by atoms with E-state index in [0.717, 1.165) is 26.1 Å². The second kappa shape index (κ2) is 7.61. The van der Waals surface area contributed by atoms with Gasteiger partial charge in [0, 0.05) is 39.8 Å². The molecule has 0 spiro atoms. The van der Waals surface area contributed by atoms with E-state index in [-0.39, 0.29) is 11.9 Å². The summed E-state index contributed by atoms with van der Waals surface area (Å²) in [5.74, 6) is 0.494. The molecule has 2 aromatic rings. The Kier molecular flexibility index (Phi) is 5.28. The molecule has 1 amide bonds. The Bertz CT molecular complexity index is 746. The number of hydrogen-bond acceptors (Lipinski definition) is 5. The van der Waals surface area contributed by atoms with E-state index in [1.165, 1.54) is 22.2 Å². The molecule has 0 aliphatic carbocycles. The van der Waals surface area contributed by atoms with Crippen LogP contribution >= 0.6 is 0 Å². The molecule has 0 fully saturated rings. The van der Waals surface area contributed by atoms with Crippen molar-refractivity contribution in [1.29, 1.82) is 0 Å². The molecule has 1 unspecified atom stereocenters. The lowest BCUT2D eigenvalue weighted by Gasteiger charge is -2.31. The third-order valence-corrected chi connectivity index (χ3v) is 4.40. The summed E-state index contributed by atoms with van der Waals surface area (Å²) in [6, 6.07) is 8.86. The van der Waals surface area contributed by atoms with Gasteiger partial charge in [0.1, 0.15) is 11.5 Å². The Morgan fingerprint density at radius 2 is 2.04 bits per heavy atom. The minimum atomic E-state index is -0.142. The molecule has 1 aliphatic rings. The number of carbonyl (C=O) groups is 1. The molecule has 132 valence electrons. The molecule has 1 aromatic heterocycles. The summed E-state index contributed by atoms with van der Waals surface area (Å²) in [4.78, 5) is 24.5. The van der Waals surface area contributed by atoms with Crippen LogP contribution in [0.25, 0.3) is 0 Å². The molecule has 6 heteroatoms. The smallest absolute Gasteiger partial charge is 0.273 e. The molecule has 1 aromatic carbocycles. The van der Waals surface area contributed by atoms with Crippen LogP contribution in [0.3, 0.4) is 0 Å². The van der Waals surface area contributed by atoms with E-state index in [0.29, 0.717) is 11.5 Å². The van der Waals surface area contributed by atoms with Gasteiger partial charge < -0.3 is 10.2 Å². The van der Waals surface area contributed by atoms with Gasteiger partial charge in [0.2, 0.25) is 0 Å². The minimum Gasteiger partial charge on any atom is -0.365 e. The highest BCUT2D eigenvalue weighted by Gasteiger charge is 2.18. The van der Waals surface area contributed by atoms with E-state index in [4.69, 9.17) is 0 Å². The Hall–Kier alpha value is -2.47. The molecule has 25 heavy (non-hydrogen) atoms. The van der Waals surface area contributed by atoms with Crippen LogP contribution in [0, 0.1) is 0 Å². The first-order chi connectivity index (χ1) is 12.0. The largest absolute Gasteiger partial charge is 0.365 e. The van der Waals surface area contributed by atoms with E-state index in [1.54, 1.807) is 20.3 Å². The number of rotatable bonds is 5. The maximum absolute atomic E-state index is 12.0. The first-order valence-corrected chi connectivity index (χ1v) is 8.62. The van der Waals surface area contributed by atoms with Gasteiger partial charge in [-0.3, -0.25) is 14.7 Å². The number of carbonyl (C=O) groups excluding carboxylic acids is 1. The Labute approximate surface area is 148 Å². The van der Waals surface area contributed by atoms with Gasteiger partial charge in [0.15, 0.2) is 0 Å². The standard InChI is InChI=1S/C19H25N5O/c1-14(12-24-9-8-15-6-4-5-7-16(15)13-24)21-18-11-20-10-17(22-18)19(25)23(2)3/h4-7,10-11,14H,8-9,12-13H2,1-3H3,(H,21,22). The number of nitrogens with one attached hydrogen (secondary N) is 1. The van der Waals surface area contributed by atoms with Crippen molar-refractivity contribution < 1.29 is 4.79 Å². The highest BCUT2D eigenvalue weighted by molar-refractivity contribution is 5.91. The zero-order valence-electron chi connectivity index (χ0n) is 15.1. The van der Waals surface area contributed by atoms with Gasteiger partial charge in [-0.05, 0) is 24.5 Å². The van der Waals surface area contributed by atoms with Crippen molar-refractivity contribution in [3.63, 3.8) is 0 Å². The zero-order valence-corrected chi connectivity index (χ0v) is 15.1. The molecule has 1 N–H and O–H groups in total. The first-order valence-electron chi connectivity index (χ1n) is 8.62. The summed E-state index contributed by atoms with van der Waals surface area (Å²) >= 11 is 0. The topological polar surface area (TPSA) is 61.4 Å². The van der Waals surface area contributed by atoms with Gasteiger partial charge in [-0.15, -0.1) is 0 Å². The Morgan fingerprint density at radius 3 is 2.80 bits per heavy atom. The van der Waals surface area contributed by atoms with Crippen molar-refractivity contribution in [2.24, 2.45) is 0 Å². The second-order valence-electron chi connectivity index (χ2n) is 6.79. The fraction of sp³-hybridized carbons (Fsp3) is 0.421. The van der Waals surface area contributed by atoms with Crippen molar-refractivity contribution in [1.82, 2.24) is 19.8 Å². The summed E-state index contributed by atoms with van der Waals surface area (Å²) < 4.78 is 0. The van der Waals surface area contributed by atoms with E-state index in [2.05, 4.69) is 51.4 Å². The maximum atomic E-state index is 12.0. The van der Waals surface area contributed by atoms with Gasteiger partial charge in [-0.2, -0.15) is 0 Å².